The van der Waals surface area contributed by atoms with Crippen molar-refractivity contribution in [3.63, 3.8) is 0 Å². The summed E-state index contributed by atoms with van der Waals surface area (Å²) >= 11 is 1.52. The molecule has 0 fully saturated rings. The third-order valence-electron chi connectivity index (χ3n) is 3.62. The molecule has 22 heavy (non-hydrogen) atoms. The first-order valence-electron chi connectivity index (χ1n) is 7.10. The van der Waals surface area contributed by atoms with Crippen LogP contribution in [0.15, 0.2) is 41.8 Å². The number of nitrogens with one attached hydrogen (secondary N) is 1. The van der Waals surface area contributed by atoms with Gasteiger partial charge in [-0.2, -0.15) is 0 Å². The summed E-state index contributed by atoms with van der Waals surface area (Å²) in [5, 5.41) is 13.9. The Kier molecular flexibility index (Phi) is 5.33. The summed E-state index contributed by atoms with van der Waals surface area (Å²) in [5.41, 5.74) is 1.81. The summed E-state index contributed by atoms with van der Waals surface area (Å²) in [7, 11) is 0. The molecule has 0 radical (unpaired) electrons. The average molecular weight is 317 g/mol. The first kappa shape index (κ1) is 16.2. The Morgan fingerprint density at radius 3 is 2.55 bits per heavy atom. The van der Waals surface area contributed by atoms with Gasteiger partial charge in [0.25, 0.3) is 0 Å². The van der Waals surface area contributed by atoms with Crippen molar-refractivity contribution in [2.75, 3.05) is 0 Å². The van der Waals surface area contributed by atoms with Gasteiger partial charge in [0, 0.05) is 4.88 Å². The van der Waals surface area contributed by atoms with Crippen molar-refractivity contribution >= 4 is 23.2 Å². The normalized spacial score (nSPS) is 13.4. The van der Waals surface area contributed by atoms with Gasteiger partial charge in [0.2, 0.25) is 5.91 Å². The summed E-state index contributed by atoms with van der Waals surface area (Å²) in [4.78, 5) is 24.5. The summed E-state index contributed by atoms with van der Waals surface area (Å²) in [6.45, 7) is 3.75. The highest BCUT2D eigenvalue weighted by Gasteiger charge is 2.23. The number of aryl methyl sites for hydroxylation is 1. The van der Waals surface area contributed by atoms with Gasteiger partial charge in [-0.25, -0.2) is 0 Å². The van der Waals surface area contributed by atoms with Gasteiger partial charge in [-0.3, -0.25) is 9.59 Å². The molecule has 2 aromatic rings. The fraction of sp³-hybridized carbons (Fsp3) is 0.294. The van der Waals surface area contributed by atoms with E-state index in [4.69, 9.17) is 5.11 Å². The highest BCUT2D eigenvalue weighted by atomic mass is 32.1. The maximum atomic E-state index is 12.4. The average Bonchev–Trinajstić information content (AvgIpc) is 3.00. The van der Waals surface area contributed by atoms with E-state index in [1.165, 1.54) is 11.3 Å². The predicted molar refractivity (Wildman–Crippen MR) is 87.0 cm³/mol. The summed E-state index contributed by atoms with van der Waals surface area (Å²) in [6, 6.07) is 10.8. The zero-order valence-corrected chi connectivity index (χ0v) is 13.4. The molecule has 2 atom stereocenters. The van der Waals surface area contributed by atoms with E-state index in [1.54, 1.807) is 0 Å². The second-order valence-corrected chi connectivity index (χ2v) is 6.23. The smallest absolute Gasteiger partial charge is 0.305 e. The number of benzene rings is 1. The number of aliphatic carboxylic acids is 1. The number of amides is 1. The fourth-order valence-corrected chi connectivity index (χ4v) is 3.14. The molecule has 0 saturated carbocycles. The van der Waals surface area contributed by atoms with Crippen LogP contribution in [0.4, 0.5) is 0 Å². The van der Waals surface area contributed by atoms with Crippen LogP contribution in [0.2, 0.25) is 0 Å². The fourth-order valence-electron chi connectivity index (χ4n) is 2.35. The molecule has 2 N–H and O–H groups in total. The van der Waals surface area contributed by atoms with E-state index < -0.39 is 12.0 Å². The second kappa shape index (κ2) is 7.22. The lowest BCUT2D eigenvalue weighted by Gasteiger charge is -2.21. The standard InChI is InChI=1S/C17H19NO3S/c1-11-6-3-4-7-13(11)14(10-16(19)20)18-17(21)12(2)15-8-5-9-22-15/h3-9,12,14H,10H2,1-2H3,(H,18,21)(H,19,20)/t12-,14-/m0/s1. The molecule has 1 aromatic carbocycles. The molecule has 0 aliphatic rings. The Labute approximate surface area is 133 Å². The van der Waals surface area contributed by atoms with Gasteiger partial charge in [0.1, 0.15) is 0 Å². The van der Waals surface area contributed by atoms with Crippen LogP contribution in [0.3, 0.4) is 0 Å². The highest BCUT2D eigenvalue weighted by Crippen LogP contribution is 2.25. The van der Waals surface area contributed by atoms with E-state index in [-0.39, 0.29) is 18.2 Å². The minimum absolute atomic E-state index is 0.131. The number of carbonyl (C=O) groups is 2. The molecule has 4 nitrogen and oxygen atoms in total. The minimum atomic E-state index is -0.933. The lowest BCUT2D eigenvalue weighted by molar-refractivity contribution is -0.137. The number of rotatable bonds is 6. The summed E-state index contributed by atoms with van der Waals surface area (Å²) in [6.07, 6.45) is -0.131. The maximum absolute atomic E-state index is 12.4. The van der Waals surface area contributed by atoms with Crippen LogP contribution in [0.25, 0.3) is 0 Å². The van der Waals surface area contributed by atoms with Gasteiger partial charge in [-0.15, -0.1) is 11.3 Å². The SMILES string of the molecule is Cc1ccccc1[C@H](CC(=O)O)NC(=O)[C@@H](C)c1cccs1. The Morgan fingerprint density at radius 1 is 1.23 bits per heavy atom. The quantitative estimate of drug-likeness (QED) is 0.857. The van der Waals surface area contributed by atoms with E-state index in [9.17, 15) is 9.59 Å². The molecule has 1 aromatic heterocycles. The molecule has 1 amide bonds. The number of carboxylic acid groups (broad SMARTS) is 1. The van der Waals surface area contributed by atoms with Crippen LogP contribution in [0, 0.1) is 6.92 Å². The zero-order chi connectivity index (χ0) is 16.1. The first-order valence-corrected chi connectivity index (χ1v) is 7.98. The van der Waals surface area contributed by atoms with Crippen LogP contribution in [0.1, 0.15) is 41.3 Å². The molecule has 0 bridgehead atoms. The van der Waals surface area contributed by atoms with Crippen molar-refractivity contribution in [1.29, 1.82) is 0 Å². The summed E-state index contributed by atoms with van der Waals surface area (Å²) in [5.74, 6) is -1.38. The van der Waals surface area contributed by atoms with Gasteiger partial charge >= 0.3 is 5.97 Å². The molecule has 0 unspecified atom stereocenters. The van der Waals surface area contributed by atoms with E-state index in [0.717, 1.165) is 16.0 Å². The molecule has 0 spiro atoms. The number of hydrogen-bond donors (Lipinski definition) is 2. The van der Waals surface area contributed by atoms with Crippen molar-refractivity contribution in [1.82, 2.24) is 5.32 Å². The van der Waals surface area contributed by atoms with E-state index in [2.05, 4.69) is 5.32 Å². The van der Waals surface area contributed by atoms with Crippen molar-refractivity contribution in [2.24, 2.45) is 0 Å². The zero-order valence-electron chi connectivity index (χ0n) is 12.6. The molecule has 0 aliphatic carbocycles. The third-order valence-corrected chi connectivity index (χ3v) is 4.68. The van der Waals surface area contributed by atoms with Crippen molar-refractivity contribution in [2.45, 2.75) is 32.2 Å². The number of hydrogen-bond acceptors (Lipinski definition) is 3. The van der Waals surface area contributed by atoms with Gasteiger partial charge in [-0.1, -0.05) is 30.3 Å². The number of thiophene rings is 1. The largest absolute Gasteiger partial charge is 0.481 e. The predicted octanol–water partition coefficient (Wildman–Crippen LogP) is 3.49. The van der Waals surface area contributed by atoms with Gasteiger partial charge in [0.15, 0.2) is 0 Å². The number of carbonyl (C=O) groups excluding carboxylic acids is 1. The van der Waals surface area contributed by atoms with Crippen LogP contribution >= 0.6 is 11.3 Å². The van der Waals surface area contributed by atoms with Crippen LogP contribution < -0.4 is 5.32 Å². The minimum Gasteiger partial charge on any atom is -0.481 e. The molecule has 5 heteroatoms. The van der Waals surface area contributed by atoms with Crippen molar-refractivity contribution in [3.8, 4) is 0 Å². The van der Waals surface area contributed by atoms with Crippen molar-refractivity contribution < 1.29 is 14.7 Å². The first-order chi connectivity index (χ1) is 10.5. The Morgan fingerprint density at radius 2 is 1.95 bits per heavy atom. The third kappa shape index (κ3) is 3.95. The van der Waals surface area contributed by atoms with Gasteiger partial charge in [-0.05, 0) is 36.4 Å². The molecular formula is C17H19NO3S. The molecular weight excluding hydrogens is 298 g/mol. The lowest BCUT2D eigenvalue weighted by Crippen LogP contribution is -2.33. The molecule has 116 valence electrons. The molecule has 0 saturated heterocycles. The molecule has 1 heterocycles. The van der Waals surface area contributed by atoms with Crippen LogP contribution in [0.5, 0.6) is 0 Å². The molecule has 2 rings (SSSR count). The Balaban J connectivity index is 2.18. The second-order valence-electron chi connectivity index (χ2n) is 5.25. The topological polar surface area (TPSA) is 66.4 Å². The van der Waals surface area contributed by atoms with E-state index in [0.29, 0.717) is 0 Å². The Hall–Kier alpha value is -2.14. The van der Waals surface area contributed by atoms with E-state index in [1.807, 2.05) is 55.6 Å². The maximum Gasteiger partial charge on any atom is 0.305 e. The highest BCUT2D eigenvalue weighted by molar-refractivity contribution is 7.10. The molecule has 0 aliphatic heterocycles. The van der Waals surface area contributed by atoms with Crippen molar-refractivity contribution in [3.05, 3.63) is 57.8 Å². The summed E-state index contributed by atoms with van der Waals surface area (Å²) < 4.78 is 0. The van der Waals surface area contributed by atoms with Crippen LogP contribution in [-0.4, -0.2) is 17.0 Å². The number of carboxylic acids is 1. The van der Waals surface area contributed by atoms with Gasteiger partial charge in [0.05, 0.1) is 18.4 Å². The monoisotopic (exact) mass is 317 g/mol. The van der Waals surface area contributed by atoms with Gasteiger partial charge < -0.3 is 10.4 Å². The van der Waals surface area contributed by atoms with Crippen LogP contribution in [-0.2, 0) is 9.59 Å². The Bertz CT molecular complexity index is 652. The van der Waals surface area contributed by atoms with E-state index >= 15 is 0 Å². The lowest BCUT2D eigenvalue weighted by atomic mass is 9.98.